The molecule has 0 radical (unpaired) electrons. The number of carbonyl (C=O) groups is 1. The van der Waals surface area contributed by atoms with Crippen molar-refractivity contribution < 1.29 is 9.53 Å². The number of carbonyl (C=O) groups excluding carboxylic acids is 1. The summed E-state index contributed by atoms with van der Waals surface area (Å²) in [5.74, 6) is 0.682. The minimum Gasteiger partial charge on any atom is -0.481 e. The van der Waals surface area contributed by atoms with Gasteiger partial charge in [0.1, 0.15) is 5.75 Å². The molecule has 4 heteroatoms. The minimum atomic E-state index is -0.529. The summed E-state index contributed by atoms with van der Waals surface area (Å²) in [6, 6.07) is 15.2. The van der Waals surface area contributed by atoms with Crippen molar-refractivity contribution in [1.29, 1.82) is 0 Å². The largest absolute Gasteiger partial charge is 0.481 e. The second kappa shape index (κ2) is 7.32. The maximum absolute atomic E-state index is 12.4. The molecule has 0 bridgehead atoms. The van der Waals surface area contributed by atoms with Crippen molar-refractivity contribution in [2.45, 2.75) is 26.5 Å². The third kappa shape index (κ3) is 4.25. The number of hydrogen-bond donors (Lipinski definition) is 0. The van der Waals surface area contributed by atoms with Crippen molar-refractivity contribution >= 4 is 17.5 Å². The minimum absolute atomic E-state index is 0.0572. The highest BCUT2D eigenvalue weighted by molar-refractivity contribution is 6.30. The molecule has 116 valence electrons. The van der Waals surface area contributed by atoms with Crippen LogP contribution in [0.3, 0.4) is 0 Å². The van der Waals surface area contributed by atoms with Gasteiger partial charge in [-0.1, -0.05) is 41.9 Å². The maximum atomic E-state index is 12.4. The number of nitrogens with zero attached hydrogens (tertiary/aromatic N) is 1. The van der Waals surface area contributed by atoms with Crippen molar-refractivity contribution in [1.82, 2.24) is 4.90 Å². The van der Waals surface area contributed by atoms with Crippen molar-refractivity contribution in [3.05, 3.63) is 64.7 Å². The Morgan fingerprint density at radius 1 is 1.18 bits per heavy atom. The van der Waals surface area contributed by atoms with Gasteiger partial charge in [0.25, 0.3) is 5.91 Å². The molecule has 0 saturated carbocycles. The number of likely N-dealkylation sites (N-methyl/N-ethyl adjacent to an activating group) is 1. The number of hydrogen-bond acceptors (Lipinski definition) is 2. The highest BCUT2D eigenvalue weighted by atomic mass is 35.5. The Bertz CT molecular complexity index is 640. The molecule has 0 aliphatic carbocycles. The van der Waals surface area contributed by atoms with Crippen molar-refractivity contribution in [3.8, 4) is 5.75 Å². The standard InChI is InChI=1S/C18H20ClNO2/c1-13-6-4-5-7-17(13)22-14(2)18(21)20(3)12-15-8-10-16(19)11-9-15/h4-11,14H,12H2,1-3H3/t14-/m1/s1. The summed E-state index contributed by atoms with van der Waals surface area (Å²) in [7, 11) is 1.77. The van der Waals surface area contributed by atoms with Gasteiger partial charge in [-0.15, -0.1) is 0 Å². The van der Waals surface area contributed by atoms with Crippen molar-refractivity contribution in [3.63, 3.8) is 0 Å². The number of halogens is 1. The maximum Gasteiger partial charge on any atom is 0.263 e. The molecule has 0 aliphatic heterocycles. The Hall–Kier alpha value is -2.00. The number of para-hydroxylation sites is 1. The molecule has 22 heavy (non-hydrogen) atoms. The van der Waals surface area contributed by atoms with Crippen LogP contribution >= 0.6 is 11.6 Å². The summed E-state index contributed by atoms with van der Waals surface area (Å²) >= 11 is 5.87. The first-order chi connectivity index (χ1) is 10.5. The van der Waals surface area contributed by atoms with Crippen LogP contribution in [-0.4, -0.2) is 24.0 Å². The van der Waals surface area contributed by atoms with Crippen LogP contribution in [0.15, 0.2) is 48.5 Å². The molecule has 0 fully saturated rings. The molecule has 3 nitrogen and oxygen atoms in total. The zero-order chi connectivity index (χ0) is 16.1. The Labute approximate surface area is 136 Å². The van der Waals surface area contributed by atoms with Crippen LogP contribution in [0.5, 0.6) is 5.75 Å². The van der Waals surface area contributed by atoms with Crippen molar-refractivity contribution in [2.24, 2.45) is 0 Å². The third-order valence-corrected chi connectivity index (χ3v) is 3.71. The first-order valence-corrected chi connectivity index (χ1v) is 7.57. The predicted octanol–water partition coefficient (Wildman–Crippen LogP) is 4.07. The van der Waals surface area contributed by atoms with E-state index in [1.807, 2.05) is 55.5 Å². The van der Waals surface area contributed by atoms with Gasteiger partial charge in [-0.3, -0.25) is 4.79 Å². The van der Waals surface area contributed by atoms with E-state index in [9.17, 15) is 4.79 Å². The molecular formula is C18H20ClNO2. The van der Waals surface area contributed by atoms with E-state index < -0.39 is 6.10 Å². The lowest BCUT2D eigenvalue weighted by atomic mass is 10.2. The number of benzene rings is 2. The van der Waals surface area contributed by atoms with E-state index in [-0.39, 0.29) is 5.91 Å². The Morgan fingerprint density at radius 3 is 2.45 bits per heavy atom. The zero-order valence-corrected chi connectivity index (χ0v) is 13.8. The van der Waals surface area contributed by atoms with E-state index in [4.69, 9.17) is 16.3 Å². The molecule has 0 saturated heterocycles. The predicted molar refractivity (Wildman–Crippen MR) is 89.2 cm³/mol. The topological polar surface area (TPSA) is 29.5 Å². The summed E-state index contributed by atoms with van der Waals surface area (Å²) < 4.78 is 5.77. The fraction of sp³-hybridized carbons (Fsp3) is 0.278. The lowest BCUT2D eigenvalue weighted by molar-refractivity contribution is -0.137. The van der Waals surface area contributed by atoms with E-state index >= 15 is 0 Å². The van der Waals surface area contributed by atoms with Gasteiger partial charge in [-0.25, -0.2) is 0 Å². The van der Waals surface area contributed by atoms with Crippen LogP contribution in [0.25, 0.3) is 0 Å². The van der Waals surface area contributed by atoms with E-state index in [2.05, 4.69) is 0 Å². The van der Waals surface area contributed by atoms with Gasteiger partial charge in [0.15, 0.2) is 6.10 Å². The Morgan fingerprint density at radius 2 is 1.82 bits per heavy atom. The third-order valence-electron chi connectivity index (χ3n) is 3.45. The molecule has 2 aromatic rings. The highest BCUT2D eigenvalue weighted by Crippen LogP contribution is 2.18. The van der Waals surface area contributed by atoms with Gasteiger partial charge in [-0.2, -0.15) is 0 Å². The van der Waals surface area contributed by atoms with Gasteiger partial charge in [0.05, 0.1) is 0 Å². The average molecular weight is 318 g/mol. The number of rotatable bonds is 5. The highest BCUT2D eigenvalue weighted by Gasteiger charge is 2.19. The fourth-order valence-corrected chi connectivity index (χ4v) is 2.31. The van der Waals surface area contributed by atoms with E-state index in [1.54, 1.807) is 18.9 Å². The molecule has 0 aliphatic rings. The lowest BCUT2D eigenvalue weighted by Gasteiger charge is -2.23. The summed E-state index contributed by atoms with van der Waals surface area (Å²) in [5.41, 5.74) is 2.05. The number of ether oxygens (including phenoxy) is 1. The van der Waals surface area contributed by atoms with Gasteiger partial charge < -0.3 is 9.64 Å². The number of amides is 1. The van der Waals surface area contributed by atoms with Crippen LogP contribution in [-0.2, 0) is 11.3 Å². The second-order valence-corrected chi connectivity index (χ2v) is 5.78. The summed E-state index contributed by atoms with van der Waals surface area (Å²) in [6.07, 6.45) is -0.529. The molecule has 0 unspecified atom stereocenters. The van der Waals surface area contributed by atoms with Crippen molar-refractivity contribution in [2.75, 3.05) is 7.05 Å². The monoisotopic (exact) mass is 317 g/mol. The van der Waals surface area contributed by atoms with Gasteiger partial charge in [-0.05, 0) is 43.2 Å². The molecule has 2 aromatic carbocycles. The molecule has 2 rings (SSSR count). The van der Waals surface area contributed by atoms with Crippen LogP contribution in [0.1, 0.15) is 18.1 Å². The quantitative estimate of drug-likeness (QED) is 0.831. The summed E-state index contributed by atoms with van der Waals surface area (Å²) in [4.78, 5) is 14.1. The first kappa shape index (κ1) is 16.4. The molecule has 0 aromatic heterocycles. The number of aryl methyl sites for hydroxylation is 1. The van der Waals surface area contributed by atoms with Crippen LogP contribution in [0.4, 0.5) is 0 Å². The lowest BCUT2D eigenvalue weighted by Crippen LogP contribution is -2.37. The molecule has 1 atom stereocenters. The molecular weight excluding hydrogens is 298 g/mol. The average Bonchev–Trinajstić information content (AvgIpc) is 2.51. The van der Waals surface area contributed by atoms with E-state index in [0.29, 0.717) is 11.6 Å². The van der Waals surface area contributed by atoms with Gasteiger partial charge in [0.2, 0.25) is 0 Å². The van der Waals surface area contributed by atoms with E-state index in [1.165, 1.54) is 0 Å². The molecule has 0 N–H and O–H groups in total. The molecule has 1 amide bonds. The fourth-order valence-electron chi connectivity index (χ4n) is 2.18. The molecule has 0 heterocycles. The second-order valence-electron chi connectivity index (χ2n) is 5.35. The molecule has 0 spiro atoms. The normalized spacial score (nSPS) is 11.8. The Kier molecular flexibility index (Phi) is 5.45. The first-order valence-electron chi connectivity index (χ1n) is 7.19. The van der Waals surface area contributed by atoms with Gasteiger partial charge >= 0.3 is 0 Å². The van der Waals surface area contributed by atoms with E-state index in [0.717, 1.165) is 16.9 Å². The van der Waals surface area contributed by atoms with Crippen LogP contribution in [0.2, 0.25) is 5.02 Å². The van der Waals surface area contributed by atoms with Crippen LogP contribution in [0, 0.1) is 6.92 Å². The zero-order valence-electron chi connectivity index (χ0n) is 13.0. The smallest absolute Gasteiger partial charge is 0.263 e. The summed E-state index contributed by atoms with van der Waals surface area (Å²) in [5, 5.41) is 0.689. The van der Waals surface area contributed by atoms with Gasteiger partial charge in [0, 0.05) is 18.6 Å². The van der Waals surface area contributed by atoms with Crippen LogP contribution < -0.4 is 4.74 Å². The summed E-state index contributed by atoms with van der Waals surface area (Å²) in [6.45, 7) is 4.26. The Balaban J connectivity index is 1.97. The SMILES string of the molecule is Cc1ccccc1O[C@H](C)C(=O)N(C)Cc1ccc(Cl)cc1.